The van der Waals surface area contributed by atoms with Crippen molar-refractivity contribution >= 4 is 24.2 Å². The monoisotopic (exact) mass is 368 g/mol. The summed E-state index contributed by atoms with van der Waals surface area (Å²) in [7, 11) is 0. The van der Waals surface area contributed by atoms with E-state index in [9.17, 15) is 9.59 Å². The molecule has 2 aromatic heterocycles. The zero-order valence-corrected chi connectivity index (χ0v) is 14.5. The summed E-state index contributed by atoms with van der Waals surface area (Å²) >= 11 is 0. The van der Waals surface area contributed by atoms with E-state index in [1.807, 2.05) is 0 Å². The molecule has 0 bridgehead atoms. The number of amides is 2. The molecule has 2 amide bonds. The Kier molecular flexibility index (Phi) is 6.60. The second-order valence-electron chi connectivity index (χ2n) is 5.72. The van der Waals surface area contributed by atoms with Crippen molar-refractivity contribution in [1.29, 1.82) is 0 Å². The number of halogens is 1. The number of hydrogen-bond acceptors (Lipinski definition) is 6. The quantitative estimate of drug-likeness (QED) is 0.821. The first-order valence-corrected chi connectivity index (χ1v) is 7.96. The first-order chi connectivity index (χ1) is 11.7. The first kappa shape index (κ1) is 19.0. The lowest BCUT2D eigenvalue weighted by Gasteiger charge is -2.31. The van der Waals surface area contributed by atoms with Crippen LogP contribution in [0.2, 0.25) is 0 Å². The number of nitrogens with two attached hydrogens (primary N) is 1. The topological polar surface area (TPSA) is 115 Å². The lowest BCUT2D eigenvalue weighted by Crippen LogP contribution is -2.46. The third-order valence-corrected chi connectivity index (χ3v) is 4.02. The lowest BCUT2D eigenvalue weighted by atomic mass is 9.97. The summed E-state index contributed by atoms with van der Waals surface area (Å²) in [6.45, 7) is 1.81. The zero-order valence-electron chi connectivity index (χ0n) is 13.6. The fourth-order valence-electron chi connectivity index (χ4n) is 2.79. The highest BCUT2D eigenvalue weighted by atomic mass is 35.5. The van der Waals surface area contributed by atoms with E-state index in [4.69, 9.17) is 14.7 Å². The minimum Gasteiger partial charge on any atom is -0.461 e. The number of nitrogens with zero attached hydrogens (tertiary/aromatic N) is 2. The van der Waals surface area contributed by atoms with Crippen molar-refractivity contribution in [2.75, 3.05) is 26.2 Å². The molecule has 1 aliphatic heterocycles. The summed E-state index contributed by atoms with van der Waals surface area (Å²) < 4.78 is 10.4. The molecule has 9 heteroatoms. The third-order valence-electron chi connectivity index (χ3n) is 4.02. The Morgan fingerprint density at radius 3 is 2.96 bits per heavy atom. The Balaban J connectivity index is 0.00000225. The van der Waals surface area contributed by atoms with Gasteiger partial charge in [0, 0.05) is 32.2 Å². The van der Waals surface area contributed by atoms with Crippen LogP contribution in [0.4, 0.5) is 0 Å². The normalized spacial score (nSPS) is 17.0. The molecule has 1 unspecified atom stereocenters. The van der Waals surface area contributed by atoms with Gasteiger partial charge in [0.2, 0.25) is 11.7 Å². The van der Waals surface area contributed by atoms with Crippen molar-refractivity contribution in [3.8, 4) is 11.5 Å². The molecular weight excluding hydrogens is 348 g/mol. The van der Waals surface area contributed by atoms with Crippen LogP contribution in [-0.2, 0) is 4.79 Å². The summed E-state index contributed by atoms with van der Waals surface area (Å²) in [6.07, 6.45) is 3.06. The van der Waals surface area contributed by atoms with Crippen LogP contribution in [0.15, 0.2) is 33.4 Å². The lowest BCUT2D eigenvalue weighted by molar-refractivity contribution is -0.126. The fourth-order valence-corrected chi connectivity index (χ4v) is 2.79. The molecule has 25 heavy (non-hydrogen) atoms. The maximum Gasteiger partial charge on any atom is 0.276 e. The summed E-state index contributed by atoms with van der Waals surface area (Å²) in [6, 6.07) is 5.02. The van der Waals surface area contributed by atoms with Crippen LogP contribution in [0.5, 0.6) is 0 Å². The van der Waals surface area contributed by atoms with E-state index >= 15 is 0 Å². The van der Waals surface area contributed by atoms with Crippen LogP contribution in [-0.4, -0.2) is 48.0 Å². The second-order valence-corrected chi connectivity index (χ2v) is 5.72. The molecule has 1 atom stereocenters. The maximum atomic E-state index is 12.6. The van der Waals surface area contributed by atoms with Gasteiger partial charge >= 0.3 is 0 Å². The number of piperidine rings is 1. The predicted molar refractivity (Wildman–Crippen MR) is 92.1 cm³/mol. The van der Waals surface area contributed by atoms with E-state index in [1.54, 1.807) is 23.1 Å². The molecule has 0 spiro atoms. The molecular formula is C16H21ClN4O4. The first-order valence-electron chi connectivity index (χ1n) is 7.96. The highest BCUT2D eigenvalue weighted by Crippen LogP contribution is 2.23. The molecule has 8 nitrogen and oxygen atoms in total. The van der Waals surface area contributed by atoms with Gasteiger partial charge in [-0.25, -0.2) is 0 Å². The molecule has 3 heterocycles. The predicted octanol–water partition coefficient (Wildman–Crippen LogP) is 1.28. The van der Waals surface area contributed by atoms with Gasteiger partial charge in [-0.3, -0.25) is 9.59 Å². The largest absolute Gasteiger partial charge is 0.461 e. The van der Waals surface area contributed by atoms with E-state index in [-0.39, 0.29) is 35.8 Å². The van der Waals surface area contributed by atoms with Crippen molar-refractivity contribution in [2.24, 2.45) is 11.7 Å². The smallest absolute Gasteiger partial charge is 0.276 e. The molecule has 0 radical (unpaired) electrons. The van der Waals surface area contributed by atoms with Gasteiger partial charge in [0.25, 0.3) is 5.91 Å². The van der Waals surface area contributed by atoms with Gasteiger partial charge in [0.05, 0.1) is 12.2 Å². The molecule has 136 valence electrons. The standard InChI is InChI=1S/C16H20N4O4.ClH/c17-5-6-18-15(21)11-3-1-7-20(10-11)16(22)12-9-14(24-19-12)13-4-2-8-23-13;/h2,4,8-9,11H,1,3,5-7,10,17H2,(H,18,21);1H. The SMILES string of the molecule is Cl.NCCNC(=O)C1CCCN(C(=O)c2cc(-c3ccco3)on2)C1. The molecule has 3 N–H and O–H groups in total. The third kappa shape index (κ3) is 4.40. The van der Waals surface area contributed by atoms with Gasteiger partial charge in [-0.2, -0.15) is 0 Å². The summed E-state index contributed by atoms with van der Waals surface area (Å²) in [5, 5.41) is 6.60. The molecule has 1 saturated heterocycles. The van der Waals surface area contributed by atoms with Crippen LogP contribution in [0, 0.1) is 5.92 Å². The van der Waals surface area contributed by atoms with Crippen LogP contribution in [0.25, 0.3) is 11.5 Å². The Morgan fingerprint density at radius 1 is 1.40 bits per heavy atom. The van der Waals surface area contributed by atoms with E-state index in [1.165, 1.54) is 6.26 Å². The number of likely N-dealkylation sites (tertiary alicyclic amines) is 1. The van der Waals surface area contributed by atoms with Crippen LogP contribution < -0.4 is 11.1 Å². The maximum absolute atomic E-state index is 12.6. The molecule has 0 saturated carbocycles. The highest BCUT2D eigenvalue weighted by Gasteiger charge is 2.30. The number of nitrogens with one attached hydrogen (secondary N) is 1. The Hall–Kier alpha value is -2.32. The summed E-state index contributed by atoms with van der Waals surface area (Å²) in [5.74, 6) is 0.393. The van der Waals surface area contributed by atoms with Gasteiger partial charge in [0.15, 0.2) is 11.5 Å². The van der Waals surface area contributed by atoms with Crippen molar-refractivity contribution in [1.82, 2.24) is 15.4 Å². The van der Waals surface area contributed by atoms with E-state index in [2.05, 4.69) is 10.5 Å². The van der Waals surface area contributed by atoms with Gasteiger partial charge in [-0.1, -0.05) is 5.16 Å². The molecule has 1 aliphatic rings. The average Bonchev–Trinajstić information content (AvgIpc) is 3.30. The second kappa shape index (κ2) is 8.68. The van der Waals surface area contributed by atoms with E-state index in [0.717, 1.165) is 12.8 Å². The van der Waals surface area contributed by atoms with Gasteiger partial charge in [0.1, 0.15) is 0 Å². The summed E-state index contributed by atoms with van der Waals surface area (Å²) in [4.78, 5) is 26.3. The van der Waals surface area contributed by atoms with Crippen molar-refractivity contribution < 1.29 is 18.5 Å². The van der Waals surface area contributed by atoms with Gasteiger partial charge in [-0.05, 0) is 25.0 Å². The van der Waals surface area contributed by atoms with Gasteiger partial charge in [-0.15, -0.1) is 12.4 Å². The molecule has 2 aromatic rings. The van der Waals surface area contributed by atoms with E-state index in [0.29, 0.717) is 37.7 Å². The van der Waals surface area contributed by atoms with Crippen molar-refractivity contribution in [3.05, 3.63) is 30.2 Å². The number of aromatic nitrogens is 1. The molecule has 0 aromatic carbocycles. The van der Waals surface area contributed by atoms with Crippen LogP contribution in [0.1, 0.15) is 23.3 Å². The number of rotatable bonds is 5. The highest BCUT2D eigenvalue weighted by molar-refractivity contribution is 5.93. The summed E-state index contributed by atoms with van der Waals surface area (Å²) in [5.41, 5.74) is 5.61. The minimum atomic E-state index is -0.243. The fraction of sp³-hybridized carbons (Fsp3) is 0.438. The molecule has 3 rings (SSSR count). The Bertz CT molecular complexity index is 701. The van der Waals surface area contributed by atoms with Crippen molar-refractivity contribution in [3.63, 3.8) is 0 Å². The van der Waals surface area contributed by atoms with Crippen LogP contribution >= 0.6 is 12.4 Å². The van der Waals surface area contributed by atoms with Gasteiger partial charge < -0.3 is 24.9 Å². The van der Waals surface area contributed by atoms with Crippen molar-refractivity contribution in [2.45, 2.75) is 12.8 Å². The zero-order chi connectivity index (χ0) is 16.9. The number of carbonyl (C=O) groups excluding carboxylic acids is 2. The molecule has 1 fully saturated rings. The number of carbonyl (C=O) groups is 2. The minimum absolute atomic E-state index is 0. The number of hydrogen-bond donors (Lipinski definition) is 2. The van der Waals surface area contributed by atoms with Crippen LogP contribution in [0.3, 0.4) is 0 Å². The number of furan rings is 1. The Labute approximate surface area is 151 Å². The Morgan fingerprint density at radius 2 is 2.24 bits per heavy atom. The average molecular weight is 369 g/mol. The molecule has 0 aliphatic carbocycles. The van der Waals surface area contributed by atoms with E-state index < -0.39 is 0 Å².